The van der Waals surface area contributed by atoms with Crippen LogP contribution in [0.1, 0.15) is 24.8 Å². The molecule has 0 aromatic heterocycles. The van der Waals surface area contributed by atoms with Crippen LogP contribution in [0.5, 0.6) is 0 Å². The van der Waals surface area contributed by atoms with Gasteiger partial charge in [-0.3, -0.25) is 9.69 Å². The highest BCUT2D eigenvalue weighted by Gasteiger charge is 2.22. The number of nitrogens with two attached hydrogens (primary N) is 1. The molecule has 1 aliphatic heterocycles. The Balaban J connectivity index is 1.73. The van der Waals surface area contributed by atoms with Gasteiger partial charge in [-0.05, 0) is 18.4 Å². The van der Waals surface area contributed by atoms with Crippen molar-refractivity contribution < 1.29 is 4.79 Å². The molecular weight excluding hydrogens is 262 g/mol. The summed E-state index contributed by atoms with van der Waals surface area (Å²) in [6.07, 6.45) is 7.38. The molecule has 1 aromatic carbocycles. The summed E-state index contributed by atoms with van der Waals surface area (Å²) in [6.45, 7) is 2.95. The van der Waals surface area contributed by atoms with E-state index in [9.17, 15) is 4.79 Å². The summed E-state index contributed by atoms with van der Waals surface area (Å²) in [5, 5.41) is 3.00. The van der Waals surface area contributed by atoms with Crippen molar-refractivity contribution in [3.05, 3.63) is 35.9 Å². The molecule has 0 spiro atoms. The van der Waals surface area contributed by atoms with Gasteiger partial charge in [0.25, 0.3) is 0 Å². The molecule has 2 rings (SSSR count). The van der Waals surface area contributed by atoms with Crippen LogP contribution in [0, 0.1) is 12.3 Å². The lowest BCUT2D eigenvalue weighted by atomic mass is 10.0. The molecule has 1 aliphatic rings. The lowest BCUT2D eigenvalue weighted by Gasteiger charge is -2.32. The first-order chi connectivity index (χ1) is 10.2. The molecule has 21 heavy (non-hydrogen) atoms. The SMILES string of the molecule is C#CCC(N)C(=O)NC1CCN(Cc2ccccc2)CC1. The molecule has 0 aliphatic carbocycles. The molecule has 1 aromatic rings. The minimum absolute atomic E-state index is 0.130. The monoisotopic (exact) mass is 285 g/mol. The first kappa shape index (κ1) is 15.6. The Bertz CT molecular complexity index is 487. The van der Waals surface area contributed by atoms with Crippen molar-refractivity contribution in [1.82, 2.24) is 10.2 Å². The third-order valence-corrected chi connectivity index (χ3v) is 3.86. The number of hydrogen-bond acceptors (Lipinski definition) is 3. The molecule has 4 nitrogen and oxygen atoms in total. The van der Waals surface area contributed by atoms with Crippen molar-refractivity contribution in [3.63, 3.8) is 0 Å². The number of terminal acetylenes is 1. The first-order valence-corrected chi connectivity index (χ1v) is 7.44. The molecule has 1 atom stereocenters. The Labute approximate surface area is 126 Å². The average molecular weight is 285 g/mol. The fraction of sp³-hybridized carbons (Fsp3) is 0.471. The number of likely N-dealkylation sites (tertiary alicyclic amines) is 1. The van der Waals surface area contributed by atoms with Gasteiger partial charge in [-0.1, -0.05) is 30.3 Å². The molecule has 1 amide bonds. The Morgan fingerprint density at radius 3 is 2.67 bits per heavy atom. The minimum atomic E-state index is -0.586. The Morgan fingerprint density at radius 1 is 1.38 bits per heavy atom. The van der Waals surface area contributed by atoms with E-state index in [0.29, 0.717) is 6.42 Å². The largest absolute Gasteiger partial charge is 0.352 e. The smallest absolute Gasteiger partial charge is 0.238 e. The van der Waals surface area contributed by atoms with Crippen LogP contribution in [-0.2, 0) is 11.3 Å². The second-order valence-corrected chi connectivity index (χ2v) is 5.56. The van der Waals surface area contributed by atoms with Crippen molar-refractivity contribution in [1.29, 1.82) is 0 Å². The van der Waals surface area contributed by atoms with Gasteiger partial charge in [0, 0.05) is 32.1 Å². The number of nitrogens with zero attached hydrogens (tertiary/aromatic N) is 1. The fourth-order valence-corrected chi connectivity index (χ4v) is 2.60. The molecule has 1 saturated heterocycles. The van der Waals surface area contributed by atoms with E-state index in [-0.39, 0.29) is 11.9 Å². The van der Waals surface area contributed by atoms with Gasteiger partial charge in [0.15, 0.2) is 0 Å². The lowest BCUT2D eigenvalue weighted by molar-refractivity contribution is -0.123. The number of nitrogens with one attached hydrogen (secondary N) is 1. The van der Waals surface area contributed by atoms with Gasteiger partial charge in [0.2, 0.25) is 5.91 Å². The third-order valence-electron chi connectivity index (χ3n) is 3.86. The maximum absolute atomic E-state index is 11.8. The van der Waals surface area contributed by atoms with Gasteiger partial charge >= 0.3 is 0 Å². The molecule has 0 saturated carbocycles. The third kappa shape index (κ3) is 4.89. The van der Waals surface area contributed by atoms with Crippen LogP contribution >= 0.6 is 0 Å². The molecule has 1 heterocycles. The number of carbonyl (C=O) groups excluding carboxylic acids is 1. The highest BCUT2D eigenvalue weighted by atomic mass is 16.2. The van der Waals surface area contributed by atoms with Crippen LogP contribution in [0.25, 0.3) is 0 Å². The number of hydrogen-bond donors (Lipinski definition) is 2. The van der Waals surface area contributed by atoms with Gasteiger partial charge in [0.1, 0.15) is 0 Å². The maximum Gasteiger partial charge on any atom is 0.238 e. The number of amides is 1. The summed E-state index contributed by atoms with van der Waals surface area (Å²) in [5.41, 5.74) is 7.04. The average Bonchev–Trinajstić information content (AvgIpc) is 2.50. The standard InChI is InChI=1S/C17H23N3O/c1-2-6-16(18)17(21)19-15-9-11-20(12-10-15)13-14-7-4-3-5-8-14/h1,3-5,7-8,15-16H,6,9-13,18H2,(H,19,21). The number of carbonyl (C=O) groups is 1. The quantitative estimate of drug-likeness (QED) is 0.797. The van der Waals surface area contributed by atoms with E-state index in [1.165, 1.54) is 5.56 Å². The molecule has 1 unspecified atom stereocenters. The molecule has 0 bridgehead atoms. The molecule has 112 valence electrons. The van der Waals surface area contributed by atoms with E-state index in [4.69, 9.17) is 12.2 Å². The van der Waals surface area contributed by atoms with E-state index in [2.05, 4.69) is 40.4 Å². The van der Waals surface area contributed by atoms with Gasteiger partial charge in [0.05, 0.1) is 6.04 Å². The van der Waals surface area contributed by atoms with Crippen LogP contribution in [0.2, 0.25) is 0 Å². The Kier molecular flexibility index (Phi) is 5.79. The number of piperidine rings is 1. The van der Waals surface area contributed by atoms with E-state index in [1.807, 2.05) is 6.07 Å². The van der Waals surface area contributed by atoms with E-state index in [0.717, 1.165) is 32.5 Å². The first-order valence-electron chi connectivity index (χ1n) is 7.44. The summed E-state index contributed by atoms with van der Waals surface area (Å²) in [4.78, 5) is 14.2. The highest BCUT2D eigenvalue weighted by molar-refractivity contribution is 5.82. The van der Waals surface area contributed by atoms with Crippen molar-refractivity contribution >= 4 is 5.91 Å². The topological polar surface area (TPSA) is 58.4 Å². The summed E-state index contributed by atoms with van der Waals surface area (Å²) in [6, 6.07) is 10.1. The molecule has 4 heteroatoms. The van der Waals surface area contributed by atoms with Crippen LogP contribution in [-0.4, -0.2) is 36.0 Å². The van der Waals surface area contributed by atoms with Crippen molar-refractivity contribution in [3.8, 4) is 12.3 Å². The molecule has 0 radical (unpaired) electrons. The van der Waals surface area contributed by atoms with Gasteiger partial charge < -0.3 is 11.1 Å². The lowest BCUT2D eigenvalue weighted by Crippen LogP contribution is -2.49. The van der Waals surface area contributed by atoms with Crippen LogP contribution in [0.4, 0.5) is 0 Å². The summed E-state index contributed by atoms with van der Waals surface area (Å²) < 4.78 is 0. The van der Waals surface area contributed by atoms with Gasteiger partial charge in [-0.2, -0.15) is 0 Å². The van der Waals surface area contributed by atoms with Crippen LogP contribution < -0.4 is 11.1 Å². The zero-order chi connectivity index (χ0) is 15.1. The summed E-state index contributed by atoms with van der Waals surface area (Å²) in [7, 11) is 0. The fourth-order valence-electron chi connectivity index (χ4n) is 2.60. The zero-order valence-corrected chi connectivity index (χ0v) is 12.3. The molecular formula is C17H23N3O. The van der Waals surface area contributed by atoms with Gasteiger partial charge in [-0.25, -0.2) is 0 Å². The van der Waals surface area contributed by atoms with E-state index in [1.54, 1.807) is 0 Å². The second kappa shape index (κ2) is 7.82. The predicted molar refractivity (Wildman–Crippen MR) is 84.3 cm³/mol. The number of benzene rings is 1. The van der Waals surface area contributed by atoms with Gasteiger partial charge in [-0.15, -0.1) is 12.3 Å². The van der Waals surface area contributed by atoms with Crippen LogP contribution in [0.15, 0.2) is 30.3 Å². The Hall–Kier alpha value is -1.83. The zero-order valence-electron chi connectivity index (χ0n) is 12.3. The molecule has 3 N–H and O–H groups in total. The molecule has 1 fully saturated rings. The second-order valence-electron chi connectivity index (χ2n) is 5.56. The predicted octanol–water partition coefficient (Wildman–Crippen LogP) is 1.12. The van der Waals surface area contributed by atoms with Crippen molar-refractivity contribution in [2.45, 2.75) is 37.9 Å². The normalized spacial score (nSPS) is 17.9. The van der Waals surface area contributed by atoms with E-state index < -0.39 is 6.04 Å². The summed E-state index contributed by atoms with van der Waals surface area (Å²) in [5.74, 6) is 2.30. The van der Waals surface area contributed by atoms with Crippen molar-refractivity contribution in [2.75, 3.05) is 13.1 Å². The number of rotatable bonds is 5. The Morgan fingerprint density at radius 2 is 2.05 bits per heavy atom. The van der Waals surface area contributed by atoms with Crippen molar-refractivity contribution in [2.24, 2.45) is 5.73 Å². The highest BCUT2D eigenvalue weighted by Crippen LogP contribution is 2.14. The minimum Gasteiger partial charge on any atom is -0.352 e. The summed E-state index contributed by atoms with van der Waals surface area (Å²) >= 11 is 0. The van der Waals surface area contributed by atoms with E-state index >= 15 is 0 Å². The maximum atomic E-state index is 11.8. The van der Waals surface area contributed by atoms with Crippen LogP contribution in [0.3, 0.4) is 0 Å².